The minimum Gasteiger partial charge on any atom is -0.349 e. The number of hydrogen-bond acceptors (Lipinski definition) is 4. The van der Waals surface area contributed by atoms with Crippen molar-refractivity contribution in [2.24, 2.45) is 11.8 Å². The number of nitrogen functional groups attached to an aromatic ring is 1. The first kappa shape index (κ1) is 11.3. The third-order valence-corrected chi connectivity index (χ3v) is 3.10. The highest BCUT2D eigenvalue weighted by Crippen LogP contribution is 2.29. The zero-order valence-corrected chi connectivity index (χ0v) is 10.4. The number of anilines is 1. The predicted octanol–water partition coefficient (Wildman–Crippen LogP) is 1.27. The highest BCUT2D eigenvalue weighted by molar-refractivity contribution is 9.10. The van der Waals surface area contributed by atoms with Gasteiger partial charge in [0.1, 0.15) is 0 Å². The average molecular weight is 285 g/mol. The van der Waals surface area contributed by atoms with Crippen molar-refractivity contribution in [3.05, 3.63) is 22.3 Å². The molecule has 1 fully saturated rings. The number of nitrogens with zero attached hydrogens (tertiary/aromatic N) is 1. The highest BCUT2D eigenvalue weighted by atomic mass is 79.9. The third-order valence-electron chi connectivity index (χ3n) is 2.66. The molecule has 1 saturated carbocycles. The number of hydrazine groups is 1. The van der Waals surface area contributed by atoms with Gasteiger partial charge in [0, 0.05) is 16.7 Å². The smallest absolute Gasteiger partial charge is 0.255 e. The minimum atomic E-state index is -0.142. The van der Waals surface area contributed by atoms with Crippen LogP contribution in [0.15, 0.2) is 16.7 Å². The Hall–Kier alpha value is -1.14. The van der Waals surface area contributed by atoms with Crippen molar-refractivity contribution >= 4 is 27.7 Å². The van der Waals surface area contributed by atoms with Gasteiger partial charge in [-0.1, -0.05) is 6.92 Å². The van der Waals surface area contributed by atoms with Crippen LogP contribution in [0.4, 0.5) is 5.82 Å². The van der Waals surface area contributed by atoms with E-state index in [9.17, 15) is 4.79 Å². The number of pyridine rings is 1. The Morgan fingerprint density at radius 2 is 2.38 bits per heavy atom. The Morgan fingerprint density at radius 1 is 1.69 bits per heavy atom. The molecule has 1 heterocycles. The van der Waals surface area contributed by atoms with Gasteiger partial charge in [0.15, 0.2) is 5.82 Å². The Labute approximate surface area is 102 Å². The number of rotatable bonds is 3. The van der Waals surface area contributed by atoms with Gasteiger partial charge in [0.05, 0.1) is 5.56 Å². The molecule has 4 N–H and O–H groups in total. The number of halogens is 1. The second kappa shape index (κ2) is 4.39. The Morgan fingerprint density at radius 3 is 2.94 bits per heavy atom. The maximum atomic E-state index is 11.9. The van der Waals surface area contributed by atoms with E-state index in [4.69, 9.17) is 5.84 Å². The summed E-state index contributed by atoms with van der Waals surface area (Å²) >= 11 is 3.28. The molecule has 0 spiro atoms. The summed E-state index contributed by atoms with van der Waals surface area (Å²) in [6.07, 6.45) is 2.63. The van der Waals surface area contributed by atoms with Crippen molar-refractivity contribution in [1.29, 1.82) is 0 Å². The van der Waals surface area contributed by atoms with Crippen molar-refractivity contribution in [2.45, 2.75) is 19.4 Å². The second-order valence-corrected chi connectivity index (χ2v) is 4.90. The molecule has 6 heteroatoms. The number of hydrogen-bond donors (Lipinski definition) is 3. The molecule has 1 aromatic rings. The summed E-state index contributed by atoms with van der Waals surface area (Å²) in [7, 11) is 0. The van der Waals surface area contributed by atoms with Crippen molar-refractivity contribution in [3.63, 3.8) is 0 Å². The largest absolute Gasteiger partial charge is 0.349 e. The molecule has 0 radical (unpaired) electrons. The van der Waals surface area contributed by atoms with E-state index in [-0.39, 0.29) is 11.9 Å². The summed E-state index contributed by atoms with van der Waals surface area (Å²) < 4.78 is 0.750. The van der Waals surface area contributed by atoms with Gasteiger partial charge in [-0.05, 0) is 34.3 Å². The van der Waals surface area contributed by atoms with Gasteiger partial charge in [-0.2, -0.15) is 0 Å². The molecule has 1 aromatic heterocycles. The van der Waals surface area contributed by atoms with Crippen LogP contribution in [0.2, 0.25) is 0 Å². The van der Waals surface area contributed by atoms with E-state index in [1.807, 2.05) is 0 Å². The minimum absolute atomic E-state index is 0.142. The fourth-order valence-electron chi connectivity index (χ4n) is 1.50. The Balaban J connectivity index is 2.17. The van der Waals surface area contributed by atoms with Crippen LogP contribution in [0.5, 0.6) is 0 Å². The summed E-state index contributed by atoms with van der Waals surface area (Å²) in [4.78, 5) is 15.9. The maximum Gasteiger partial charge on any atom is 0.255 e. The highest BCUT2D eigenvalue weighted by Gasteiger charge is 2.34. The predicted molar refractivity (Wildman–Crippen MR) is 64.8 cm³/mol. The lowest BCUT2D eigenvalue weighted by molar-refractivity contribution is 0.0950. The molecule has 0 aliphatic heterocycles. The zero-order valence-electron chi connectivity index (χ0n) is 8.83. The first-order valence-electron chi connectivity index (χ1n) is 5.05. The van der Waals surface area contributed by atoms with E-state index in [0.29, 0.717) is 17.3 Å². The van der Waals surface area contributed by atoms with Crippen LogP contribution in [0.25, 0.3) is 0 Å². The van der Waals surface area contributed by atoms with Gasteiger partial charge in [0.2, 0.25) is 0 Å². The van der Waals surface area contributed by atoms with Crippen LogP contribution in [-0.4, -0.2) is 16.9 Å². The van der Waals surface area contributed by atoms with Gasteiger partial charge in [-0.15, -0.1) is 0 Å². The molecule has 0 saturated heterocycles. The van der Waals surface area contributed by atoms with Crippen LogP contribution in [-0.2, 0) is 0 Å². The van der Waals surface area contributed by atoms with E-state index < -0.39 is 0 Å². The van der Waals surface area contributed by atoms with Gasteiger partial charge >= 0.3 is 0 Å². The van der Waals surface area contributed by atoms with Crippen molar-refractivity contribution in [2.75, 3.05) is 5.43 Å². The molecule has 0 aromatic carbocycles. The van der Waals surface area contributed by atoms with E-state index >= 15 is 0 Å². The third kappa shape index (κ3) is 2.33. The molecule has 2 rings (SSSR count). The summed E-state index contributed by atoms with van der Waals surface area (Å²) in [5.74, 6) is 6.11. The van der Waals surface area contributed by atoms with Gasteiger partial charge in [0.25, 0.3) is 5.91 Å². The maximum absolute atomic E-state index is 11.9. The molecule has 16 heavy (non-hydrogen) atoms. The van der Waals surface area contributed by atoms with Gasteiger partial charge in [-0.3, -0.25) is 4.79 Å². The van der Waals surface area contributed by atoms with E-state index in [1.54, 1.807) is 12.3 Å². The quantitative estimate of drug-likeness (QED) is 0.577. The van der Waals surface area contributed by atoms with Crippen LogP contribution in [0, 0.1) is 5.92 Å². The van der Waals surface area contributed by atoms with E-state index in [1.165, 1.54) is 0 Å². The molecule has 2 atom stereocenters. The molecule has 1 aliphatic rings. The van der Waals surface area contributed by atoms with Crippen molar-refractivity contribution in [1.82, 2.24) is 10.3 Å². The first-order valence-corrected chi connectivity index (χ1v) is 5.84. The molecule has 5 nitrogen and oxygen atoms in total. The molecule has 86 valence electrons. The number of carbonyl (C=O) groups excluding carboxylic acids is 1. The Bertz CT molecular complexity index is 423. The molecule has 1 amide bonds. The lowest BCUT2D eigenvalue weighted by Crippen LogP contribution is -2.28. The monoisotopic (exact) mass is 284 g/mol. The first-order chi connectivity index (χ1) is 7.61. The fourth-order valence-corrected chi connectivity index (χ4v) is 1.83. The zero-order chi connectivity index (χ0) is 11.7. The number of nitrogens with one attached hydrogen (secondary N) is 2. The van der Waals surface area contributed by atoms with Crippen LogP contribution in [0.3, 0.4) is 0 Å². The fraction of sp³-hybridized carbons (Fsp3) is 0.400. The number of aromatic nitrogens is 1. The molecule has 1 aliphatic carbocycles. The molecular weight excluding hydrogens is 272 g/mol. The topological polar surface area (TPSA) is 80.0 Å². The van der Waals surface area contributed by atoms with Crippen LogP contribution in [0.1, 0.15) is 23.7 Å². The lowest BCUT2D eigenvalue weighted by atomic mass is 10.2. The Kier molecular flexibility index (Phi) is 3.11. The SMILES string of the molecule is CC1CC1NC(=O)c1cc(Br)cnc1NN. The number of amides is 1. The summed E-state index contributed by atoms with van der Waals surface area (Å²) in [6, 6.07) is 1.99. The molecular formula is C10H13BrN4O. The number of nitrogens with two attached hydrogens (primary N) is 1. The van der Waals surface area contributed by atoms with Gasteiger partial charge in [-0.25, -0.2) is 10.8 Å². The second-order valence-electron chi connectivity index (χ2n) is 3.99. The summed E-state index contributed by atoms with van der Waals surface area (Å²) in [5.41, 5.74) is 2.87. The van der Waals surface area contributed by atoms with Crippen LogP contribution < -0.4 is 16.6 Å². The van der Waals surface area contributed by atoms with Crippen molar-refractivity contribution in [3.8, 4) is 0 Å². The van der Waals surface area contributed by atoms with E-state index in [2.05, 4.69) is 38.6 Å². The van der Waals surface area contributed by atoms with Gasteiger partial charge < -0.3 is 10.7 Å². The average Bonchev–Trinajstić information content (AvgIpc) is 2.94. The normalized spacial score (nSPS) is 22.7. The summed E-state index contributed by atoms with van der Waals surface area (Å²) in [5, 5.41) is 2.93. The molecule has 0 bridgehead atoms. The lowest BCUT2D eigenvalue weighted by Gasteiger charge is -2.08. The summed E-state index contributed by atoms with van der Waals surface area (Å²) in [6.45, 7) is 2.10. The molecule has 2 unspecified atom stereocenters. The number of carbonyl (C=O) groups is 1. The van der Waals surface area contributed by atoms with E-state index in [0.717, 1.165) is 10.9 Å². The van der Waals surface area contributed by atoms with Crippen LogP contribution >= 0.6 is 15.9 Å². The van der Waals surface area contributed by atoms with Crippen molar-refractivity contribution < 1.29 is 4.79 Å². The standard InChI is InChI=1S/C10H13BrN4O/c1-5-2-8(5)14-10(16)7-3-6(11)4-13-9(7)15-12/h3-5,8H,2,12H2,1H3,(H,13,15)(H,14,16).